The molecule has 0 saturated carbocycles. The summed E-state index contributed by atoms with van der Waals surface area (Å²) in [5.41, 5.74) is 2.31. The molecule has 0 aromatic carbocycles. The molecule has 1 atom stereocenters. The monoisotopic (exact) mass is 263 g/mol. The molecule has 1 unspecified atom stereocenters. The molecule has 2 heterocycles. The Kier molecular flexibility index (Phi) is 3.55. The number of likely N-dealkylation sites (tertiary alicyclic amines) is 1. The van der Waals surface area contributed by atoms with E-state index in [-0.39, 0.29) is 11.9 Å². The summed E-state index contributed by atoms with van der Waals surface area (Å²) in [4.78, 5) is 13.6. The number of nitrogens with zero attached hydrogens (tertiary/aromatic N) is 2. The first kappa shape index (κ1) is 12.7. The van der Waals surface area contributed by atoms with E-state index in [1.165, 1.54) is 18.4 Å². The molecule has 1 aliphatic heterocycles. The highest BCUT2D eigenvalue weighted by Gasteiger charge is 2.27. The standard InChI is InChI=1S/C14H21N3O2/c1-10(18)15-11-4-5-14-12(8-11)13(16-19-14)9-17-6-2-3-7-17/h11H,2-9H2,1H3,(H,15,18). The predicted molar refractivity (Wildman–Crippen MR) is 70.6 cm³/mol. The first-order chi connectivity index (χ1) is 9.22. The van der Waals surface area contributed by atoms with Crippen LogP contribution in [0.3, 0.4) is 0 Å². The molecular weight excluding hydrogens is 242 g/mol. The largest absolute Gasteiger partial charge is 0.361 e. The number of aromatic nitrogens is 1. The second-order valence-electron chi connectivity index (χ2n) is 5.65. The van der Waals surface area contributed by atoms with E-state index in [0.29, 0.717) is 0 Å². The number of carbonyl (C=O) groups excluding carboxylic acids is 1. The van der Waals surface area contributed by atoms with Crippen LogP contribution in [0.2, 0.25) is 0 Å². The van der Waals surface area contributed by atoms with Crippen LogP contribution in [-0.4, -0.2) is 35.1 Å². The second-order valence-corrected chi connectivity index (χ2v) is 5.65. The lowest BCUT2D eigenvalue weighted by Gasteiger charge is -2.22. The number of hydrogen-bond donors (Lipinski definition) is 1. The van der Waals surface area contributed by atoms with Gasteiger partial charge in [-0.05, 0) is 38.8 Å². The van der Waals surface area contributed by atoms with Gasteiger partial charge in [-0.2, -0.15) is 0 Å². The lowest BCUT2D eigenvalue weighted by atomic mass is 9.92. The Balaban J connectivity index is 1.70. The number of rotatable bonds is 3. The van der Waals surface area contributed by atoms with Crippen LogP contribution in [-0.2, 0) is 24.2 Å². The number of carbonyl (C=O) groups is 1. The van der Waals surface area contributed by atoms with Crippen molar-refractivity contribution in [2.24, 2.45) is 0 Å². The van der Waals surface area contributed by atoms with Gasteiger partial charge in [-0.15, -0.1) is 0 Å². The second kappa shape index (κ2) is 5.33. The van der Waals surface area contributed by atoms with Crippen LogP contribution in [0.5, 0.6) is 0 Å². The number of fused-ring (bicyclic) bond motifs is 1. The van der Waals surface area contributed by atoms with Crippen LogP contribution < -0.4 is 5.32 Å². The van der Waals surface area contributed by atoms with Crippen molar-refractivity contribution in [2.75, 3.05) is 13.1 Å². The highest BCUT2D eigenvalue weighted by molar-refractivity contribution is 5.73. The Bertz CT molecular complexity index is 463. The maximum absolute atomic E-state index is 11.2. The maximum atomic E-state index is 11.2. The number of amides is 1. The average molecular weight is 263 g/mol. The van der Waals surface area contributed by atoms with Crippen molar-refractivity contribution in [1.29, 1.82) is 0 Å². The van der Waals surface area contributed by atoms with Crippen LogP contribution in [0.1, 0.15) is 43.2 Å². The van der Waals surface area contributed by atoms with E-state index in [1.807, 2.05) is 0 Å². The van der Waals surface area contributed by atoms with Crippen LogP contribution in [0.25, 0.3) is 0 Å². The quantitative estimate of drug-likeness (QED) is 0.892. The van der Waals surface area contributed by atoms with Crippen LogP contribution in [0.4, 0.5) is 0 Å². The molecule has 1 fully saturated rings. The Morgan fingerprint density at radius 3 is 3.00 bits per heavy atom. The molecule has 1 amide bonds. The van der Waals surface area contributed by atoms with Gasteiger partial charge in [0.2, 0.25) is 5.91 Å². The minimum atomic E-state index is 0.0472. The fourth-order valence-corrected chi connectivity index (χ4v) is 3.15. The van der Waals surface area contributed by atoms with Gasteiger partial charge >= 0.3 is 0 Å². The minimum absolute atomic E-state index is 0.0472. The lowest BCUT2D eigenvalue weighted by molar-refractivity contribution is -0.119. The highest BCUT2D eigenvalue weighted by atomic mass is 16.5. The summed E-state index contributed by atoms with van der Waals surface area (Å²) in [5.74, 6) is 1.07. The van der Waals surface area contributed by atoms with Gasteiger partial charge in [-0.3, -0.25) is 9.69 Å². The van der Waals surface area contributed by atoms with Gasteiger partial charge < -0.3 is 9.84 Å². The summed E-state index contributed by atoms with van der Waals surface area (Å²) >= 11 is 0. The molecule has 2 aliphatic rings. The zero-order valence-electron chi connectivity index (χ0n) is 11.4. The summed E-state index contributed by atoms with van der Waals surface area (Å²) in [6, 6.07) is 0.238. The zero-order valence-corrected chi connectivity index (χ0v) is 11.4. The van der Waals surface area contributed by atoms with E-state index in [9.17, 15) is 4.79 Å². The third kappa shape index (κ3) is 2.81. The molecule has 1 aromatic rings. The zero-order chi connectivity index (χ0) is 13.2. The molecule has 104 valence electrons. The molecule has 0 radical (unpaired) electrons. The molecule has 3 rings (SSSR count). The van der Waals surface area contributed by atoms with E-state index < -0.39 is 0 Å². The van der Waals surface area contributed by atoms with Crippen molar-refractivity contribution in [2.45, 2.75) is 51.6 Å². The van der Waals surface area contributed by atoms with Gasteiger partial charge in [0.15, 0.2) is 0 Å². The smallest absolute Gasteiger partial charge is 0.217 e. The summed E-state index contributed by atoms with van der Waals surface area (Å²) < 4.78 is 5.46. The van der Waals surface area contributed by atoms with Crippen LogP contribution >= 0.6 is 0 Å². The van der Waals surface area contributed by atoms with E-state index in [1.54, 1.807) is 6.92 Å². The molecule has 1 aromatic heterocycles. The Labute approximate surface area is 113 Å². The Hall–Kier alpha value is -1.36. The van der Waals surface area contributed by atoms with E-state index in [4.69, 9.17) is 4.52 Å². The minimum Gasteiger partial charge on any atom is -0.361 e. The third-order valence-corrected chi connectivity index (χ3v) is 4.10. The van der Waals surface area contributed by atoms with E-state index >= 15 is 0 Å². The van der Waals surface area contributed by atoms with Gasteiger partial charge in [0.05, 0.1) is 0 Å². The van der Waals surface area contributed by atoms with E-state index in [0.717, 1.165) is 50.4 Å². The SMILES string of the molecule is CC(=O)NC1CCc2onc(CN3CCCC3)c2C1. The molecule has 1 N–H and O–H groups in total. The fourth-order valence-electron chi connectivity index (χ4n) is 3.15. The van der Waals surface area contributed by atoms with Crippen LogP contribution in [0, 0.1) is 0 Å². The Morgan fingerprint density at radius 2 is 2.26 bits per heavy atom. The van der Waals surface area contributed by atoms with Gasteiger partial charge in [0, 0.05) is 31.5 Å². The summed E-state index contributed by atoms with van der Waals surface area (Å²) in [6.07, 6.45) is 5.27. The molecule has 19 heavy (non-hydrogen) atoms. The fraction of sp³-hybridized carbons (Fsp3) is 0.714. The van der Waals surface area contributed by atoms with Crippen molar-refractivity contribution in [3.63, 3.8) is 0 Å². The van der Waals surface area contributed by atoms with Crippen molar-refractivity contribution >= 4 is 5.91 Å². The lowest BCUT2D eigenvalue weighted by Crippen LogP contribution is -2.37. The Morgan fingerprint density at radius 1 is 1.47 bits per heavy atom. The third-order valence-electron chi connectivity index (χ3n) is 4.10. The number of hydrogen-bond acceptors (Lipinski definition) is 4. The van der Waals surface area contributed by atoms with Gasteiger partial charge in [-0.1, -0.05) is 5.16 Å². The number of nitrogens with one attached hydrogen (secondary N) is 1. The highest BCUT2D eigenvalue weighted by Crippen LogP contribution is 2.26. The number of aryl methyl sites for hydroxylation is 1. The molecular formula is C14H21N3O2. The summed E-state index contributed by atoms with van der Waals surface area (Å²) in [6.45, 7) is 4.80. The van der Waals surface area contributed by atoms with Crippen molar-refractivity contribution in [3.8, 4) is 0 Å². The molecule has 0 bridgehead atoms. The molecule has 1 aliphatic carbocycles. The summed E-state index contributed by atoms with van der Waals surface area (Å²) in [5, 5.41) is 7.26. The summed E-state index contributed by atoms with van der Waals surface area (Å²) in [7, 11) is 0. The van der Waals surface area contributed by atoms with Crippen molar-refractivity contribution in [3.05, 3.63) is 17.0 Å². The molecule has 0 spiro atoms. The van der Waals surface area contributed by atoms with Crippen LogP contribution in [0.15, 0.2) is 4.52 Å². The first-order valence-corrected chi connectivity index (χ1v) is 7.18. The average Bonchev–Trinajstić information content (AvgIpc) is 3.00. The maximum Gasteiger partial charge on any atom is 0.217 e. The molecule has 5 heteroatoms. The van der Waals surface area contributed by atoms with Gasteiger partial charge in [-0.25, -0.2) is 0 Å². The first-order valence-electron chi connectivity index (χ1n) is 7.18. The molecule has 5 nitrogen and oxygen atoms in total. The van der Waals surface area contributed by atoms with Crippen molar-refractivity contribution < 1.29 is 9.32 Å². The normalized spacial score (nSPS) is 23.3. The van der Waals surface area contributed by atoms with E-state index in [2.05, 4.69) is 15.4 Å². The van der Waals surface area contributed by atoms with Gasteiger partial charge in [0.1, 0.15) is 11.5 Å². The van der Waals surface area contributed by atoms with Crippen molar-refractivity contribution in [1.82, 2.24) is 15.4 Å². The predicted octanol–water partition coefficient (Wildman–Crippen LogP) is 1.26. The topological polar surface area (TPSA) is 58.4 Å². The molecule has 1 saturated heterocycles. The van der Waals surface area contributed by atoms with Gasteiger partial charge in [0.25, 0.3) is 0 Å².